The van der Waals surface area contributed by atoms with Gasteiger partial charge in [-0.3, -0.25) is 0 Å². The van der Waals surface area contributed by atoms with Gasteiger partial charge >= 0.3 is 6.16 Å². The summed E-state index contributed by atoms with van der Waals surface area (Å²) in [5.74, 6) is 0. The molecule has 1 atom stereocenters. The lowest BCUT2D eigenvalue weighted by Crippen LogP contribution is -2.14. The number of carboxylic acid groups (broad SMARTS) is 1. The third kappa shape index (κ3) is 7.82. The van der Waals surface area contributed by atoms with Crippen LogP contribution in [0, 0.1) is 0 Å². The van der Waals surface area contributed by atoms with E-state index in [0.717, 1.165) is 32.1 Å². The lowest BCUT2D eigenvalue weighted by molar-refractivity contribution is -0.501. The van der Waals surface area contributed by atoms with E-state index in [1.165, 1.54) is 0 Å². The normalized spacial score (nSPS) is 12.4. The molecule has 1 unspecified atom stereocenters. The van der Waals surface area contributed by atoms with E-state index in [1.807, 2.05) is 6.92 Å². The fourth-order valence-corrected chi connectivity index (χ4v) is 1.05. The summed E-state index contributed by atoms with van der Waals surface area (Å²) in [6.07, 6.45) is 3.35. The Balaban J connectivity index is 3.42. The van der Waals surface area contributed by atoms with Crippen LogP contribution in [0.25, 0.3) is 0 Å². The molecule has 0 spiro atoms. The third-order valence-corrected chi connectivity index (χ3v) is 1.87. The van der Waals surface area contributed by atoms with E-state index in [-0.39, 0.29) is 6.10 Å². The van der Waals surface area contributed by atoms with Crippen LogP contribution in [0.2, 0.25) is 0 Å². The van der Waals surface area contributed by atoms with Gasteiger partial charge in [0.25, 0.3) is 0 Å². The number of rotatable bonds is 8. The van der Waals surface area contributed by atoms with Crippen molar-refractivity contribution in [3.05, 3.63) is 0 Å². The Hall–Kier alpha value is -0.810. The van der Waals surface area contributed by atoms with Crippen LogP contribution in [-0.4, -0.2) is 17.4 Å². The zero-order chi connectivity index (χ0) is 10.8. The first-order chi connectivity index (χ1) is 6.70. The molecule has 0 aliphatic heterocycles. The van der Waals surface area contributed by atoms with Crippen LogP contribution >= 0.6 is 0 Å². The van der Waals surface area contributed by atoms with E-state index in [0.29, 0.717) is 0 Å². The van der Waals surface area contributed by atoms with E-state index < -0.39 is 6.16 Å². The first kappa shape index (κ1) is 13.2. The molecule has 0 saturated carbocycles. The highest BCUT2D eigenvalue weighted by molar-refractivity contribution is 5.55. The van der Waals surface area contributed by atoms with E-state index in [4.69, 9.17) is 9.99 Å². The van der Waals surface area contributed by atoms with Crippen LogP contribution in [0.1, 0.15) is 46.0 Å². The monoisotopic (exact) mass is 206 g/mol. The van der Waals surface area contributed by atoms with Crippen LogP contribution in [0.4, 0.5) is 4.79 Å². The highest BCUT2D eigenvalue weighted by Gasteiger charge is 2.09. The molecule has 0 aliphatic rings. The average molecular weight is 206 g/mol. The number of carbonyl (C=O) groups is 1. The average Bonchev–Trinajstić information content (AvgIpc) is 2.15. The molecule has 0 aromatic rings. The summed E-state index contributed by atoms with van der Waals surface area (Å²) in [7, 11) is 0. The van der Waals surface area contributed by atoms with Gasteiger partial charge in [-0.25, -0.2) is 9.68 Å². The summed E-state index contributed by atoms with van der Waals surface area (Å²) in [5.41, 5.74) is 0. The van der Waals surface area contributed by atoms with Gasteiger partial charge in [-0.05, 0) is 17.9 Å². The van der Waals surface area contributed by atoms with Crippen LogP contribution < -0.4 is 0 Å². The molecule has 14 heavy (non-hydrogen) atoms. The minimum absolute atomic E-state index is 0.0964. The van der Waals surface area contributed by atoms with Gasteiger partial charge in [0, 0.05) is 0 Å². The van der Waals surface area contributed by atoms with E-state index in [1.54, 1.807) is 0 Å². The minimum Gasteiger partial charge on any atom is -0.448 e. The van der Waals surface area contributed by atoms with Gasteiger partial charge in [0.15, 0.2) is 0 Å². The third-order valence-electron chi connectivity index (χ3n) is 1.87. The van der Waals surface area contributed by atoms with E-state index >= 15 is 0 Å². The Morgan fingerprint density at radius 3 is 2.57 bits per heavy atom. The van der Waals surface area contributed by atoms with Crippen molar-refractivity contribution in [1.82, 2.24) is 0 Å². The number of unbranched alkanes of at least 4 members (excludes halogenated alkanes) is 2. The molecule has 84 valence electrons. The topological polar surface area (TPSA) is 65.0 Å². The van der Waals surface area contributed by atoms with Gasteiger partial charge in [0.1, 0.15) is 0 Å². The van der Waals surface area contributed by atoms with Crippen molar-refractivity contribution in [2.24, 2.45) is 0 Å². The minimum atomic E-state index is -1.51. The summed E-state index contributed by atoms with van der Waals surface area (Å²) in [5, 5.41) is 12.2. The Kier molecular flexibility index (Phi) is 8.27. The van der Waals surface area contributed by atoms with Gasteiger partial charge in [0.05, 0.1) is 6.10 Å². The zero-order valence-corrected chi connectivity index (χ0v) is 8.69. The van der Waals surface area contributed by atoms with Crippen molar-refractivity contribution in [3.8, 4) is 0 Å². The SMILES string of the molecule is CCCCCC(CC)OOOC(=O)O. The Labute approximate surface area is 83.8 Å². The maximum atomic E-state index is 9.90. The standard InChI is InChI=1S/C9H18O5/c1-3-5-6-7-8(4-2)12-14-13-9(10)11/h8H,3-7H2,1-2H3,(H,10,11). The lowest BCUT2D eigenvalue weighted by Gasteiger charge is -2.11. The summed E-state index contributed by atoms with van der Waals surface area (Å²) in [6, 6.07) is 0. The summed E-state index contributed by atoms with van der Waals surface area (Å²) in [6.45, 7) is 4.06. The number of hydrogen-bond donors (Lipinski definition) is 1. The molecule has 0 saturated heterocycles. The maximum Gasteiger partial charge on any atom is 0.540 e. The second kappa shape index (κ2) is 8.77. The molecule has 1 N–H and O–H groups in total. The van der Waals surface area contributed by atoms with Crippen molar-refractivity contribution in [1.29, 1.82) is 0 Å². The van der Waals surface area contributed by atoms with E-state index in [9.17, 15) is 4.79 Å². The largest absolute Gasteiger partial charge is 0.540 e. The number of hydrogen-bond acceptors (Lipinski definition) is 4. The van der Waals surface area contributed by atoms with Gasteiger partial charge in [-0.15, -0.1) is 0 Å². The molecule has 0 aromatic carbocycles. The molecule has 5 heteroatoms. The summed E-state index contributed by atoms with van der Waals surface area (Å²) < 4.78 is 0. The quantitative estimate of drug-likeness (QED) is 0.376. The van der Waals surface area contributed by atoms with Crippen LogP contribution in [0.15, 0.2) is 0 Å². The van der Waals surface area contributed by atoms with Crippen molar-refractivity contribution in [3.63, 3.8) is 0 Å². The predicted molar refractivity (Wildman–Crippen MR) is 49.5 cm³/mol. The molecule has 0 radical (unpaired) electrons. The molecular formula is C9H18O5. The van der Waals surface area contributed by atoms with Crippen molar-refractivity contribution in [2.75, 3.05) is 0 Å². The maximum absolute atomic E-state index is 9.90. The van der Waals surface area contributed by atoms with Gasteiger partial charge < -0.3 is 5.11 Å². The predicted octanol–water partition coefficient (Wildman–Crippen LogP) is 2.90. The highest BCUT2D eigenvalue weighted by atomic mass is 17.5. The van der Waals surface area contributed by atoms with E-state index in [2.05, 4.69) is 16.8 Å². The molecule has 0 amide bonds. The first-order valence-corrected chi connectivity index (χ1v) is 4.93. The fourth-order valence-electron chi connectivity index (χ4n) is 1.05. The van der Waals surface area contributed by atoms with Crippen molar-refractivity contribution < 1.29 is 24.7 Å². The molecule has 0 fully saturated rings. The van der Waals surface area contributed by atoms with Crippen LogP contribution in [0.5, 0.6) is 0 Å². The van der Waals surface area contributed by atoms with Crippen LogP contribution in [0.3, 0.4) is 0 Å². The molecule has 0 heterocycles. The smallest absolute Gasteiger partial charge is 0.448 e. The van der Waals surface area contributed by atoms with Crippen LogP contribution in [-0.2, 0) is 14.8 Å². The second-order valence-electron chi connectivity index (χ2n) is 3.04. The summed E-state index contributed by atoms with van der Waals surface area (Å²) in [4.78, 5) is 18.4. The molecular weight excluding hydrogens is 188 g/mol. The molecule has 0 bridgehead atoms. The van der Waals surface area contributed by atoms with Crippen molar-refractivity contribution >= 4 is 6.16 Å². The van der Waals surface area contributed by atoms with Gasteiger partial charge in [0.2, 0.25) is 0 Å². The molecule has 5 nitrogen and oxygen atoms in total. The Morgan fingerprint density at radius 1 is 1.36 bits per heavy atom. The zero-order valence-electron chi connectivity index (χ0n) is 8.69. The molecule has 0 rings (SSSR count). The van der Waals surface area contributed by atoms with Crippen molar-refractivity contribution in [2.45, 2.75) is 52.1 Å². The van der Waals surface area contributed by atoms with Gasteiger partial charge in [-0.1, -0.05) is 33.1 Å². The fraction of sp³-hybridized carbons (Fsp3) is 0.889. The Morgan fingerprint density at radius 2 is 2.07 bits per heavy atom. The second-order valence-corrected chi connectivity index (χ2v) is 3.04. The first-order valence-electron chi connectivity index (χ1n) is 4.93. The Bertz CT molecular complexity index is 148. The highest BCUT2D eigenvalue weighted by Crippen LogP contribution is 2.10. The lowest BCUT2D eigenvalue weighted by atomic mass is 10.1. The molecule has 0 aromatic heterocycles. The molecule has 0 aliphatic carbocycles. The summed E-state index contributed by atoms with van der Waals surface area (Å²) >= 11 is 0. The van der Waals surface area contributed by atoms with Gasteiger partial charge in [-0.2, -0.15) is 4.89 Å².